The summed E-state index contributed by atoms with van der Waals surface area (Å²) in [6.45, 7) is 6.54. The minimum absolute atomic E-state index is 0.0899. The Hall–Kier alpha value is -1.20. The first kappa shape index (κ1) is 16.7. The summed E-state index contributed by atoms with van der Waals surface area (Å²) in [5.74, 6) is 0.202. The van der Waals surface area contributed by atoms with Gasteiger partial charge < -0.3 is 9.29 Å². The molecule has 0 amide bonds. The molecule has 0 fully saturated rings. The highest BCUT2D eigenvalue weighted by molar-refractivity contribution is 7.75. The number of hydrogen-bond donors (Lipinski definition) is 2. The molecule has 23 heavy (non-hydrogen) atoms. The number of aromatic carboxylic acids is 1. The third kappa shape index (κ3) is 3.09. The van der Waals surface area contributed by atoms with E-state index in [1.54, 1.807) is 11.3 Å². The van der Waals surface area contributed by atoms with E-state index in [9.17, 15) is 9.90 Å². The van der Waals surface area contributed by atoms with Crippen LogP contribution in [0.3, 0.4) is 0 Å². The summed E-state index contributed by atoms with van der Waals surface area (Å²) in [5.41, 5.74) is 1.79. The summed E-state index contributed by atoms with van der Waals surface area (Å²) in [4.78, 5) is 14.2. The van der Waals surface area contributed by atoms with Crippen molar-refractivity contribution in [1.29, 1.82) is 0 Å². The van der Waals surface area contributed by atoms with Crippen LogP contribution in [0.4, 0.5) is 0 Å². The average Bonchev–Trinajstić information content (AvgIpc) is 2.83. The Bertz CT molecular complexity index is 697. The number of allylic oxidation sites excluding steroid dienone is 3. The summed E-state index contributed by atoms with van der Waals surface area (Å²) in [6, 6.07) is 0. The Morgan fingerprint density at radius 1 is 1.48 bits per heavy atom. The molecule has 124 valence electrons. The molecular formula is C18H22O3S2. The van der Waals surface area contributed by atoms with Crippen LogP contribution in [0.1, 0.15) is 58.8 Å². The summed E-state index contributed by atoms with van der Waals surface area (Å²) in [6.07, 6.45) is 8.89. The zero-order valence-corrected chi connectivity index (χ0v) is 15.3. The van der Waals surface area contributed by atoms with Gasteiger partial charge in [0.2, 0.25) is 0 Å². The Labute approximate surface area is 146 Å². The van der Waals surface area contributed by atoms with Crippen LogP contribution in [0.25, 0.3) is 0 Å². The number of hydrogen-bond acceptors (Lipinski definition) is 4. The van der Waals surface area contributed by atoms with Crippen LogP contribution in [-0.4, -0.2) is 11.1 Å². The molecule has 2 atom stereocenters. The number of thiophene rings is 1. The molecule has 0 bridgehead atoms. The van der Waals surface area contributed by atoms with E-state index in [1.165, 1.54) is 4.88 Å². The van der Waals surface area contributed by atoms with E-state index in [4.69, 9.17) is 4.18 Å². The lowest BCUT2D eigenvalue weighted by Gasteiger charge is -2.29. The highest BCUT2D eigenvalue weighted by Crippen LogP contribution is 2.46. The number of thiol groups is 1. The van der Waals surface area contributed by atoms with Crippen LogP contribution in [0.15, 0.2) is 24.0 Å². The number of carbonyl (C=O) groups is 1. The van der Waals surface area contributed by atoms with Gasteiger partial charge in [0, 0.05) is 28.6 Å². The molecule has 3 nitrogen and oxygen atoms in total. The van der Waals surface area contributed by atoms with Crippen molar-refractivity contribution in [1.82, 2.24) is 0 Å². The van der Waals surface area contributed by atoms with Crippen LogP contribution in [0.2, 0.25) is 0 Å². The van der Waals surface area contributed by atoms with E-state index in [0.29, 0.717) is 5.56 Å². The van der Waals surface area contributed by atoms with E-state index in [0.717, 1.165) is 35.5 Å². The highest BCUT2D eigenvalue weighted by atomic mass is 32.1. The monoisotopic (exact) mass is 350 g/mol. The number of carboxylic acid groups (broad SMARTS) is 1. The molecule has 2 aliphatic rings. The summed E-state index contributed by atoms with van der Waals surface area (Å²) in [7, 11) is 0. The van der Waals surface area contributed by atoms with Crippen molar-refractivity contribution < 1.29 is 14.1 Å². The van der Waals surface area contributed by atoms with Crippen molar-refractivity contribution in [3.05, 3.63) is 44.9 Å². The standard InChI is InChI=1S/C18H22O3S2/c1-10-8-11(21-22)4-5-12(10)16-15(17(19)20)13-9-18(2,3)7-6-14(13)23-16/h4-5,8,10,12,22H,6-7,9H2,1-3H3,(H,19,20). The molecule has 0 radical (unpaired) electrons. The van der Waals surface area contributed by atoms with Gasteiger partial charge in [0.1, 0.15) is 5.76 Å². The first-order valence-corrected chi connectivity index (χ1v) is 9.10. The summed E-state index contributed by atoms with van der Waals surface area (Å²) in [5, 5.41) is 9.83. The molecule has 0 spiro atoms. The Morgan fingerprint density at radius 3 is 2.83 bits per heavy atom. The quantitative estimate of drug-likeness (QED) is 0.596. The van der Waals surface area contributed by atoms with Gasteiger partial charge in [-0.3, -0.25) is 0 Å². The molecule has 3 rings (SSSR count). The molecule has 0 aromatic carbocycles. The van der Waals surface area contributed by atoms with Crippen LogP contribution < -0.4 is 0 Å². The second kappa shape index (κ2) is 6.02. The molecule has 1 heterocycles. The van der Waals surface area contributed by atoms with Crippen molar-refractivity contribution in [3.63, 3.8) is 0 Å². The lowest BCUT2D eigenvalue weighted by atomic mass is 9.75. The number of aryl methyl sites for hydroxylation is 1. The van der Waals surface area contributed by atoms with Gasteiger partial charge in [-0.1, -0.05) is 26.8 Å². The Kier molecular flexibility index (Phi) is 4.36. The van der Waals surface area contributed by atoms with Crippen LogP contribution in [-0.2, 0) is 17.0 Å². The molecule has 0 saturated heterocycles. The lowest BCUT2D eigenvalue weighted by Crippen LogP contribution is -2.22. The normalized spacial score (nSPS) is 25.7. The molecule has 0 aliphatic heterocycles. The third-order valence-corrected chi connectivity index (χ3v) is 6.49. The maximum atomic E-state index is 12.0. The first-order chi connectivity index (χ1) is 10.8. The molecule has 0 saturated carbocycles. The maximum Gasteiger partial charge on any atom is 0.337 e. The average molecular weight is 351 g/mol. The Balaban J connectivity index is 2.05. The van der Waals surface area contributed by atoms with Gasteiger partial charge in [-0.05, 0) is 48.3 Å². The zero-order chi connectivity index (χ0) is 16.8. The van der Waals surface area contributed by atoms with Gasteiger partial charge in [-0.25, -0.2) is 4.79 Å². The van der Waals surface area contributed by atoms with E-state index in [1.807, 2.05) is 18.2 Å². The van der Waals surface area contributed by atoms with E-state index in [2.05, 4.69) is 33.7 Å². The second-order valence-corrected chi connectivity index (χ2v) is 8.61. The van der Waals surface area contributed by atoms with Crippen LogP contribution in [0, 0.1) is 11.3 Å². The third-order valence-electron chi connectivity index (χ3n) is 4.89. The van der Waals surface area contributed by atoms with Gasteiger partial charge in [-0.15, -0.1) is 11.3 Å². The predicted molar refractivity (Wildman–Crippen MR) is 96.3 cm³/mol. The fourth-order valence-electron chi connectivity index (χ4n) is 3.59. The fourth-order valence-corrected chi connectivity index (χ4v) is 5.22. The van der Waals surface area contributed by atoms with Gasteiger partial charge in [-0.2, -0.15) is 0 Å². The second-order valence-electron chi connectivity index (χ2n) is 7.29. The first-order valence-electron chi connectivity index (χ1n) is 7.91. The van der Waals surface area contributed by atoms with Crippen LogP contribution >= 0.6 is 24.2 Å². The highest BCUT2D eigenvalue weighted by Gasteiger charge is 2.35. The van der Waals surface area contributed by atoms with Gasteiger partial charge in [0.25, 0.3) is 0 Å². The molecular weight excluding hydrogens is 328 g/mol. The molecule has 5 heteroatoms. The van der Waals surface area contributed by atoms with E-state index < -0.39 is 5.97 Å². The van der Waals surface area contributed by atoms with E-state index >= 15 is 0 Å². The van der Waals surface area contributed by atoms with Gasteiger partial charge in [0.15, 0.2) is 0 Å². The Morgan fingerprint density at radius 2 is 2.22 bits per heavy atom. The molecule has 1 N–H and O–H groups in total. The van der Waals surface area contributed by atoms with Gasteiger partial charge >= 0.3 is 5.97 Å². The molecule has 2 unspecified atom stereocenters. The van der Waals surface area contributed by atoms with Crippen molar-refractivity contribution in [2.24, 2.45) is 11.3 Å². The lowest BCUT2D eigenvalue weighted by molar-refractivity contribution is 0.0694. The maximum absolute atomic E-state index is 12.0. The SMILES string of the molecule is CC1C=C(OS)C=CC1c1sc2c(c1C(=O)O)CC(C)(C)CC2. The largest absolute Gasteiger partial charge is 0.478 e. The van der Waals surface area contributed by atoms with Crippen LogP contribution in [0.5, 0.6) is 0 Å². The smallest absolute Gasteiger partial charge is 0.337 e. The van der Waals surface area contributed by atoms with Crippen molar-refractivity contribution in [2.75, 3.05) is 0 Å². The number of fused-ring (bicyclic) bond motifs is 1. The summed E-state index contributed by atoms with van der Waals surface area (Å²) >= 11 is 5.53. The van der Waals surface area contributed by atoms with Crippen molar-refractivity contribution >= 4 is 30.2 Å². The number of rotatable bonds is 3. The van der Waals surface area contributed by atoms with Crippen molar-refractivity contribution in [3.8, 4) is 0 Å². The number of carboxylic acids is 1. The van der Waals surface area contributed by atoms with Crippen molar-refractivity contribution in [2.45, 2.75) is 46.0 Å². The minimum Gasteiger partial charge on any atom is -0.478 e. The van der Waals surface area contributed by atoms with E-state index in [-0.39, 0.29) is 17.3 Å². The van der Waals surface area contributed by atoms with Gasteiger partial charge in [0.05, 0.1) is 5.56 Å². The summed E-state index contributed by atoms with van der Waals surface area (Å²) < 4.78 is 4.99. The molecule has 1 aromatic rings. The topological polar surface area (TPSA) is 46.5 Å². The molecule has 1 aromatic heterocycles. The molecule has 2 aliphatic carbocycles. The minimum atomic E-state index is -0.795. The predicted octanol–water partition coefficient (Wildman–Crippen LogP) is 5.00. The fraction of sp³-hybridized carbons (Fsp3) is 0.500. The zero-order valence-electron chi connectivity index (χ0n) is 13.6.